The molecule has 0 saturated carbocycles. The molecule has 0 aliphatic carbocycles. The summed E-state index contributed by atoms with van der Waals surface area (Å²) in [5.41, 5.74) is 6.83. The van der Waals surface area contributed by atoms with E-state index in [1.165, 1.54) is 12.5 Å². The van der Waals surface area contributed by atoms with Crippen LogP contribution in [-0.4, -0.2) is 11.8 Å². The molecule has 1 rings (SSSR count). The Labute approximate surface area is 65.2 Å². The van der Waals surface area contributed by atoms with Crippen LogP contribution in [0.4, 0.5) is 0 Å². The van der Waals surface area contributed by atoms with Crippen molar-refractivity contribution in [2.24, 2.45) is 5.73 Å². The largest absolute Gasteiger partial charge is 0.472 e. The van der Waals surface area contributed by atoms with Gasteiger partial charge in [-0.15, -0.1) is 0 Å². The van der Waals surface area contributed by atoms with Gasteiger partial charge in [-0.05, 0) is 19.4 Å². The summed E-state index contributed by atoms with van der Waals surface area (Å²) in [5.74, 6) is -0.0729. The summed E-state index contributed by atoms with van der Waals surface area (Å²) < 4.78 is 4.84. The number of hydrogen-bond acceptors (Lipinski definition) is 3. The molecule has 0 radical (unpaired) electrons. The second kappa shape index (κ2) is 2.88. The minimum Gasteiger partial charge on any atom is -0.472 e. The predicted molar refractivity (Wildman–Crippen MR) is 41.4 cm³/mol. The molecule has 11 heavy (non-hydrogen) atoms. The maximum Gasteiger partial charge on any atom is 0.182 e. The number of rotatable bonds is 2. The number of carbonyl (C=O) groups is 1. The Morgan fingerprint density at radius 2 is 2.27 bits per heavy atom. The lowest BCUT2D eigenvalue weighted by Gasteiger charge is -2.00. The van der Waals surface area contributed by atoms with Crippen molar-refractivity contribution in [1.29, 1.82) is 0 Å². The van der Waals surface area contributed by atoms with Crippen LogP contribution >= 0.6 is 0 Å². The Hall–Kier alpha value is -1.09. The van der Waals surface area contributed by atoms with E-state index in [0.717, 1.165) is 5.56 Å². The van der Waals surface area contributed by atoms with E-state index in [4.69, 9.17) is 10.2 Å². The second-order valence-corrected chi connectivity index (χ2v) is 2.62. The Kier molecular flexibility index (Phi) is 2.10. The highest BCUT2D eigenvalue weighted by Gasteiger charge is 2.14. The third-order valence-electron chi connectivity index (χ3n) is 1.53. The number of carbonyl (C=O) groups excluding carboxylic acids is 1. The minimum atomic E-state index is -0.453. The van der Waals surface area contributed by atoms with Crippen molar-refractivity contribution in [1.82, 2.24) is 0 Å². The lowest BCUT2D eigenvalue weighted by Crippen LogP contribution is -2.26. The molecule has 1 aromatic rings. The van der Waals surface area contributed by atoms with E-state index < -0.39 is 6.04 Å². The molecule has 0 fully saturated rings. The van der Waals surface area contributed by atoms with Crippen LogP contribution in [0.25, 0.3) is 0 Å². The molecule has 60 valence electrons. The van der Waals surface area contributed by atoms with E-state index in [-0.39, 0.29) is 5.78 Å². The molecule has 1 heterocycles. The van der Waals surface area contributed by atoms with Crippen molar-refractivity contribution < 1.29 is 9.21 Å². The van der Waals surface area contributed by atoms with Gasteiger partial charge in [0, 0.05) is 0 Å². The van der Waals surface area contributed by atoms with Gasteiger partial charge < -0.3 is 10.2 Å². The average Bonchev–Trinajstić information content (AvgIpc) is 2.33. The number of Topliss-reactive ketones (excluding diaryl/α,β-unsaturated/α-hetero) is 1. The first-order chi connectivity index (χ1) is 5.13. The average molecular weight is 153 g/mol. The number of hydrogen-bond donors (Lipinski definition) is 1. The van der Waals surface area contributed by atoms with Crippen LogP contribution in [0.3, 0.4) is 0 Å². The number of furan rings is 1. The van der Waals surface area contributed by atoms with Crippen LogP contribution in [0.1, 0.15) is 22.8 Å². The van der Waals surface area contributed by atoms with Gasteiger partial charge in [0.1, 0.15) is 6.26 Å². The molecule has 0 saturated heterocycles. The van der Waals surface area contributed by atoms with E-state index in [0.29, 0.717) is 5.56 Å². The van der Waals surface area contributed by atoms with E-state index >= 15 is 0 Å². The summed E-state index contributed by atoms with van der Waals surface area (Å²) in [6, 6.07) is -0.453. The quantitative estimate of drug-likeness (QED) is 0.647. The van der Waals surface area contributed by atoms with Crippen LogP contribution in [0, 0.1) is 6.92 Å². The third-order valence-corrected chi connectivity index (χ3v) is 1.53. The standard InChI is InChI=1S/C8H11NO2/c1-5-3-11-4-7(5)8(10)6(2)9/h3-4,6H,9H2,1-2H3/t6-/m1/s1. The molecular formula is C8H11NO2. The van der Waals surface area contributed by atoms with Crippen molar-refractivity contribution in [3.8, 4) is 0 Å². The lowest BCUT2D eigenvalue weighted by atomic mass is 10.1. The van der Waals surface area contributed by atoms with Gasteiger partial charge in [-0.1, -0.05) is 0 Å². The molecule has 0 aliphatic rings. The fourth-order valence-corrected chi connectivity index (χ4v) is 0.858. The van der Waals surface area contributed by atoms with Crippen molar-refractivity contribution in [3.05, 3.63) is 23.7 Å². The third kappa shape index (κ3) is 1.49. The molecule has 0 bridgehead atoms. The summed E-state index contributed by atoms with van der Waals surface area (Å²) in [5, 5.41) is 0. The first kappa shape index (κ1) is 8.01. The molecule has 3 heteroatoms. The lowest BCUT2D eigenvalue weighted by molar-refractivity contribution is 0.0967. The molecule has 1 aromatic heterocycles. The molecule has 0 unspecified atom stereocenters. The number of ketones is 1. The Bertz CT molecular complexity index is 263. The predicted octanol–water partition coefficient (Wildman–Crippen LogP) is 1.12. The smallest absolute Gasteiger partial charge is 0.182 e. The first-order valence-corrected chi connectivity index (χ1v) is 3.45. The zero-order chi connectivity index (χ0) is 8.43. The van der Waals surface area contributed by atoms with Gasteiger partial charge in [0.2, 0.25) is 0 Å². The molecular weight excluding hydrogens is 142 g/mol. The maximum atomic E-state index is 11.2. The first-order valence-electron chi connectivity index (χ1n) is 3.45. The normalized spacial score (nSPS) is 13.0. The Morgan fingerprint density at radius 1 is 1.64 bits per heavy atom. The van der Waals surface area contributed by atoms with Crippen molar-refractivity contribution in [3.63, 3.8) is 0 Å². The summed E-state index contributed by atoms with van der Waals surface area (Å²) in [7, 11) is 0. The Morgan fingerprint density at radius 3 is 2.64 bits per heavy atom. The van der Waals surface area contributed by atoms with Gasteiger partial charge in [-0.3, -0.25) is 4.79 Å². The fourth-order valence-electron chi connectivity index (χ4n) is 0.858. The Balaban J connectivity index is 2.93. The molecule has 1 atom stereocenters. The second-order valence-electron chi connectivity index (χ2n) is 2.62. The number of aryl methyl sites for hydroxylation is 1. The van der Waals surface area contributed by atoms with E-state index in [9.17, 15) is 4.79 Å². The van der Waals surface area contributed by atoms with Crippen molar-refractivity contribution in [2.75, 3.05) is 0 Å². The van der Waals surface area contributed by atoms with Gasteiger partial charge in [0.15, 0.2) is 5.78 Å². The molecule has 3 nitrogen and oxygen atoms in total. The highest BCUT2D eigenvalue weighted by molar-refractivity contribution is 6.00. The summed E-state index contributed by atoms with van der Waals surface area (Å²) >= 11 is 0. The summed E-state index contributed by atoms with van der Waals surface area (Å²) in [6.45, 7) is 3.48. The van der Waals surface area contributed by atoms with Crippen LogP contribution in [0.5, 0.6) is 0 Å². The highest BCUT2D eigenvalue weighted by Crippen LogP contribution is 2.10. The topological polar surface area (TPSA) is 56.2 Å². The molecule has 0 amide bonds. The van der Waals surface area contributed by atoms with Crippen molar-refractivity contribution >= 4 is 5.78 Å². The van der Waals surface area contributed by atoms with Crippen LogP contribution in [0.15, 0.2) is 16.9 Å². The van der Waals surface area contributed by atoms with Crippen LogP contribution < -0.4 is 5.73 Å². The zero-order valence-electron chi connectivity index (χ0n) is 6.63. The van der Waals surface area contributed by atoms with Gasteiger partial charge in [0.25, 0.3) is 0 Å². The van der Waals surface area contributed by atoms with E-state index in [1.54, 1.807) is 6.92 Å². The van der Waals surface area contributed by atoms with Gasteiger partial charge in [-0.2, -0.15) is 0 Å². The zero-order valence-corrected chi connectivity index (χ0v) is 6.63. The summed E-state index contributed by atoms with van der Waals surface area (Å²) in [6.07, 6.45) is 2.97. The van der Waals surface area contributed by atoms with Crippen LogP contribution in [0.2, 0.25) is 0 Å². The fraction of sp³-hybridized carbons (Fsp3) is 0.375. The minimum absolute atomic E-state index is 0.0729. The maximum absolute atomic E-state index is 11.2. The summed E-state index contributed by atoms with van der Waals surface area (Å²) in [4.78, 5) is 11.2. The molecule has 0 spiro atoms. The monoisotopic (exact) mass is 153 g/mol. The highest BCUT2D eigenvalue weighted by atomic mass is 16.3. The molecule has 0 aromatic carbocycles. The SMILES string of the molecule is Cc1cocc1C(=O)[C@@H](C)N. The number of nitrogens with two attached hydrogens (primary N) is 1. The van der Waals surface area contributed by atoms with Crippen LogP contribution in [-0.2, 0) is 0 Å². The van der Waals surface area contributed by atoms with Crippen molar-refractivity contribution in [2.45, 2.75) is 19.9 Å². The van der Waals surface area contributed by atoms with Gasteiger partial charge in [-0.25, -0.2) is 0 Å². The van der Waals surface area contributed by atoms with Gasteiger partial charge in [0.05, 0.1) is 17.9 Å². The van der Waals surface area contributed by atoms with E-state index in [1.807, 2.05) is 6.92 Å². The molecule has 2 N–H and O–H groups in total. The van der Waals surface area contributed by atoms with Gasteiger partial charge >= 0.3 is 0 Å². The van der Waals surface area contributed by atoms with E-state index in [2.05, 4.69) is 0 Å². The molecule has 0 aliphatic heterocycles.